The van der Waals surface area contributed by atoms with Gasteiger partial charge in [-0.25, -0.2) is 4.39 Å². The lowest BCUT2D eigenvalue weighted by Crippen LogP contribution is -1.95. The Morgan fingerprint density at radius 3 is 2.83 bits per heavy atom. The van der Waals surface area contributed by atoms with E-state index in [1.54, 1.807) is 18.2 Å². The third kappa shape index (κ3) is 0.987. The Kier molecular flexibility index (Phi) is 1.59. The highest BCUT2D eigenvalue weighted by Gasteiger charge is 2.11. The number of hydrogen-bond donors (Lipinski definition) is 1. The summed E-state index contributed by atoms with van der Waals surface area (Å²) in [5.41, 5.74) is 5.87. The van der Waals surface area contributed by atoms with Crippen molar-refractivity contribution in [3.8, 4) is 11.3 Å². The van der Waals surface area contributed by atoms with E-state index in [0.29, 0.717) is 23.6 Å². The summed E-state index contributed by atoms with van der Waals surface area (Å²) in [5.74, 6) is 0.959. The topological polar surface area (TPSA) is 39.2 Å². The highest BCUT2D eigenvalue weighted by molar-refractivity contribution is 5.61. The number of nitrogens with two attached hydrogens (primary N) is 1. The van der Waals surface area contributed by atoms with Gasteiger partial charge in [-0.1, -0.05) is 0 Å². The van der Waals surface area contributed by atoms with Crippen LogP contribution in [-0.2, 0) is 6.54 Å². The van der Waals surface area contributed by atoms with Crippen LogP contribution in [0.4, 0.5) is 4.39 Å². The normalized spacial score (nSPS) is 10.8. The number of rotatable bonds is 1. The summed E-state index contributed by atoms with van der Waals surface area (Å²) in [6, 6.07) is 6.35. The second kappa shape index (κ2) is 2.60. The first kappa shape index (κ1) is 7.31. The fourth-order valence-electron chi connectivity index (χ4n) is 1.16. The molecule has 0 bridgehead atoms. The van der Waals surface area contributed by atoms with Crippen molar-refractivity contribution in [1.29, 1.82) is 0 Å². The van der Waals surface area contributed by atoms with Gasteiger partial charge in [-0.2, -0.15) is 0 Å². The van der Waals surface area contributed by atoms with E-state index < -0.39 is 0 Å². The van der Waals surface area contributed by atoms with E-state index in [1.807, 2.05) is 0 Å². The minimum Gasteiger partial charge on any atom is -0.460 e. The molecule has 1 heterocycles. The van der Waals surface area contributed by atoms with Gasteiger partial charge in [0.2, 0.25) is 0 Å². The third-order valence-corrected chi connectivity index (χ3v) is 1.78. The van der Waals surface area contributed by atoms with Crippen LogP contribution in [0.15, 0.2) is 28.7 Å². The SMILES string of the molecule is NCc1ccc2c(F)ccc-2o1. The van der Waals surface area contributed by atoms with E-state index in [9.17, 15) is 4.39 Å². The highest BCUT2D eigenvalue weighted by Crippen LogP contribution is 2.27. The third-order valence-electron chi connectivity index (χ3n) is 1.78. The van der Waals surface area contributed by atoms with E-state index in [4.69, 9.17) is 10.2 Å². The maximum absolute atomic E-state index is 12.9. The molecule has 0 saturated heterocycles. The zero-order chi connectivity index (χ0) is 8.55. The van der Waals surface area contributed by atoms with Gasteiger partial charge in [0.15, 0.2) is 0 Å². The first-order chi connectivity index (χ1) is 5.81. The standard InChI is InChI=1S/C9H8FNO/c10-8-3-4-9-7(8)2-1-6(5-11)12-9/h1-4H,5,11H2. The largest absolute Gasteiger partial charge is 0.460 e. The molecule has 62 valence electrons. The van der Waals surface area contributed by atoms with Crippen LogP contribution in [0.25, 0.3) is 11.3 Å². The molecule has 2 nitrogen and oxygen atoms in total. The highest BCUT2D eigenvalue weighted by atomic mass is 19.1. The Morgan fingerprint density at radius 2 is 2.08 bits per heavy atom. The molecular formula is C9H8FNO. The van der Waals surface area contributed by atoms with Crippen LogP contribution >= 0.6 is 0 Å². The maximum atomic E-state index is 12.9. The second-order valence-electron chi connectivity index (χ2n) is 2.57. The van der Waals surface area contributed by atoms with Gasteiger partial charge < -0.3 is 10.2 Å². The van der Waals surface area contributed by atoms with Crippen molar-refractivity contribution >= 4 is 0 Å². The maximum Gasteiger partial charge on any atom is 0.137 e. The average molecular weight is 165 g/mol. The van der Waals surface area contributed by atoms with Crippen LogP contribution in [0.3, 0.4) is 0 Å². The molecule has 0 atom stereocenters. The lowest BCUT2D eigenvalue weighted by Gasteiger charge is -2.00. The molecule has 0 fully saturated rings. The van der Waals surface area contributed by atoms with Gasteiger partial charge in [-0.3, -0.25) is 0 Å². The van der Waals surface area contributed by atoms with Gasteiger partial charge in [0.05, 0.1) is 12.1 Å². The molecular weight excluding hydrogens is 157 g/mol. The first-order valence-electron chi connectivity index (χ1n) is 3.68. The van der Waals surface area contributed by atoms with Gasteiger partial charge in [0, 0.05) is 0 Å². The van der Waals surface area contributed by atoms with Crippen molar-refractivity contribution < 1.29 is 8.81 Å². The summed E-state index contributed by atoms with van der Waals surface area (Å²) >= 11 is 0. The molecule has 2 rings (SSSR count). The van der Waals surface area contributed by atoms with E-state index in [0.717, 1.165) is 0 Å². The molecule has 1 aliphatic carbocycles. The average Bonchev–Trinajstić information content (AvgIpc) is 2.47. The first-order valence-corrected chi connectivity index (χ1v) is 3.68. The summed E-state index contributed by atoms with van der Waals surface area (Å²) in [6.07, 6.45) is 0. The molecule has 0 aromatic rings. The van der Waals surface area contributed by atoms with E-state index in [1.165, 1.54) is 6.07 Å². The van der Waals surface area contributed by atoms with Crippen LogP contribution in [0, 0.1) is 5.82 Å². The van der Waals surface area contributed by atoms with Crippen LogP contribution < -0.4 is 5.73 Å². The minimum absolute atomic E-state index is 0.252. The lowest BCUT2D eigenvalue weighted by molar-refractivity contribution is 0.506. The van der Waals surface area contributed by atoms with E-state index in [2.05, 4.69) is 0 Å². The van der Waals surface area contributed by atoms with Crippen molar-refractivity contribution in [2.24, 2.45) is 5.73 Å². The van der Waals surface area contributed by atoms with Crippen LogP contribution in [-0.4, -0.2) is 0 Å². The van der Waals surface area contributed by atoms with Crippen molar-refractivity contribution in [3.05, 3.63) is 35.8 Å². The minimum atomic E-state index is -0.252. The van der Waals surface area contributed by atoms with Crippen LogP contribution in [0.5, 0.6) is 0 Å². The van der Waals surface area contributed by atoms with Gasteiger partial charge in [-0.05, 0) is 24.3 Å². The molecule has 0 unspecified atom stereocenters. The van der Waals surface area contributed by atoms with Gasteiger partial charge in [-0.15, -0.1) is 0 Å². The van der Waals surface area contributed by atoms with Crippen molar-refractivity contribution in [2.75, 3.05) is 0 Å². The Hall–Kier alpha value is -1.35. The Labute approximate surface area is 69.1 Å². The molecule has 2 aliphatic rings. The molecule has 0 spiro atoms. The molecule has 0 radical (unpaired) electrons. The predicted molar refractivity (Wildman–Crippen MR) is 43.2 cm³/mol. The fraction of sp³-hybridized carbons (Fsp3) is 0.111. The molecule has 3 heteroatoms. The molecule has 0 aromatic heterocycles. The predicted octanol–water partition coefficient (Wildman–Crippen LogP) is 1.98. The van der Waals surface area contributed by atoms with Gasteiger partial charge >= 0.3 is 0 Å². The Morgan fingerprint density at radius 1 is 1.25 bits per heavy atom. The zero-order valence-electron chi connectivity index (χ0n) is 6.38. The van der Waals surface area contributed by atoms with Gasteiger partial charge in [0.1, 0.15) is 17.3 Å². The number of halogens is 1. The molecule has 12 heavy (non-hydrogen) atoms. The summed E-state index contributed by atoms with van der Waals surface area (Å²) in [4.78, 5) is 0. The zero-order valence-corrected chi connectivity index (χ0v) is 6.38. The Bertz CT molecular complexity index is 369. The smallest absolute Gasteiger partial charge is 0.137 e. The second-order valence-corrected chi connectivity index (χ2v) is 2.57. The van der Waals surface area contributed by atoms with Crippen molar-refractivity contribution in [2.45, 2.75) is 6.54 Å². The summed E-state index contributed by atoms with van der Waals surface area (Å²) in [6.45, 7) is 0.336. The van der Waals surface area contributed by atoms with Crippen LogP contribution in [0.2, 0.25) is 0 Å². The Balaban J connectivity index is 2.61. The van der Waals surface area contributed by atoms with E-state index >= 15 is 0 Å². The molecule has 1 aliphatic heterocycles. The number of fused-ring (bicyclic) bond motifs is 1. The molecule has 0 amide bonds. The summed E-state index contributed by atoms with van der Waals surface area (Å²) < 4.78 is 18.2. The van der Waals surface area contributed by atoms with E-state index in [-0.39, 0.29) is 5.82 Å². The fourth-order valence-corrected chi connectivity index (χ4v) is 1.16. The monoisotopic (exact) mass is 165 g/mol. The molecule has 0 saturated carbocycles. The lowest BCUT2D eigenvalue weighted by atomic mass is 10.2. The summed E-state index contributed by atoms with van der Waals surface area (Å²) in [7, 11) is 0. The molecule has 0 aromatic carbocycles. The van der Waals surface area contributed by atoms with Crippen LogP contribution in [0.1, 0.15) is 5.76 Å². The number of hydrogen-bond acceptors (Lipinski definition) is 2. The van der Waals surface area contributed by atoms with Crippen molar-refractivity contribution in [1.82, 2.24) is 0 Å². The van der Waals surface area contributed by atoms with Crippen molar-refractivity contribution in [3.63, 3.8) is 0 Å². The quantitative estimate of drug-likeness (QED) is 0.701. The van der Waals surface area contributed by atoms with Gasteiger partial charge in [0.25, 0.3) is 0 Å². The molecule has 2 N–H and O–H groups in total. The summed E-state index contributed by atoms with van der Waals surface area (Å²) in [5, 5.41) is 0.